The molecule has 30 heavy (non-hydrogen) atoms. The number of fused-ring (bicyclic) bond motifs is 1. The predicted octanol–water partition coefficient (Wildman–Crippen LogP) is 1.98. The molecule has 3 N–H and O–H groups in total. The quantitative estimate of drug-likeness (QED) is 0.543. The Morgan fingerprint density at radius 2 is 2.00 bits per heavy atom. The van der Waals surface area contributed by atoms with Crippen LogP contribution in [0.4, 0.5) is 11.6 Å². The third-order valence-electron chi connectivity index (χ3n) is 5.33. The second-order valence-corrected chi connectivity index (χ2v) is 7.72. The highest BCUT2D eigenvalue weighted by Gasteiger charge is 2.16. The maximum atomic E-state index is 6.08. The van der Waals surface area contributed by atoms with Gasteiger partial charge in [0.1, 0.15) is 5.82 Å². The summed E-state index contributed by atoms with van der Waals surface area (Å²) in [4.78, 5) is 15.7. The number of ether oxygens (including phenoxy) is 1. The molecular weight excluding hydrogens is 380 g/mol. The van der Waals surface area contributed by atoms with Gasteiger partial charge in [0.2, 0.25) is 0 Å². The van der Waals surface area contributed by atoms with Crippen LogP contribution in [0.25, 0.3) is 5.65 Å². The van der Waals surface area contributed by atoms with Gasteiger partial charge in [0, 0.05) is 38.8 Å². The van der Waals surface area contributed by atoms with Gasteiger partial charge in [-0.05, 0) is 24.5 Å². The number of hydrogen-bond acceptors (Lipinski definition) is 8. The van der Waals surface area contributed by atoms with E-state index in [9.17, 15) is 0 Å². The minimum atomic E-state index is 0.290. The van der Waals surface area contributed by atoms with E-state index in [2.05, 4.69) is 45.2 Å². The van der Waals surface area contributed by atoms with E-state index in [1.165, 1.54) is 5.56 Å². The molecule has 0 atom stereocenters. The first-order valence-electron chi connectivity index (χ1n) is 10.7. The number of nitrogens with two attached hydrogens (primary N) is 1. The lowest BCUT2D eigenvalue weighted by molar-refractivity contribution is 0.278. The van der Waals surface area contributed by atoms with Gasteiger partial charge in [-0.25, -0.2) is 14.5 Å². The number of rotatable bonds is 8. The van der Waals surface area contributed by atoms with Crippen LogP contribution in [0.2, 0.25) is 0 Å². The van der Waals surface area contributed by atoms with Crippen LogP contribution in [0.1, 0.15) is 43.0 Å². The summed E-state index contributed by atoms with van der Waals surface area (Å²) in [5.41, 5.74) is 9.84. The Labute approximate surface area is 176 Å². The number of nitrogen functional groups attached to an aromatic ring is 1. The molecular formula is C21H30N8O. The molecule has 0 amide bonds. The van der Waals surface area contributed by atoms with Gasteiger partial charge in [0.15, 0.2) is 11.5 Å². The summed E-state index contributed by atoms with van der Waals surface area (Å²) in [7, 11) is 0. The van der Waals surface area contributed by atoms with E-state index in [0.29, 0.717) is 30.5 Å². The highest BCUT2D eigenvalue weighted by molar-refractivity contribution is 5.60. The van der Waals surface area contributed by atoms with Gasteiger partial charge in [-0.2, -0.15) is 4.98 Å². The van der Waals surface area contributed by atoms with Crippen molar-refractivity contribution < 1.29 is 4.74 Å². The largest absolute Gasteiger partial charge is 0.462 e. The summed E-state index contributed by atoms with van der Waals surface area (Å²) in [6, 6.07) is 2.48. The Morgan fingerprint density at radius 3 is 2.77 bits per heavy atom. The van der Waals surface area contributed by atoms with Crippen LogP contribution >= 0.6 is 0 Å². The fourth-order valence-electron chi connectivity index (χ4n) is 3.76. The summed E-state index contributed by atoms with van der Waals surface area (Å²) < 4.78 is 7.43. The summed E-state index contributed by atoms with van der Waals surface area (Å²) in [5, 5.41) is 7.89. The molecule has 9 nitrogen and oxygen atoms in total. The SMILES string of the molecule is CCCCCOc1nc(N)c2ncc(Cc3cnc(N4CCNCC4)c(C)c3)n2n1. The van der Waals surface area contributed by atoms with Crippen molar-refractivity contribution in [1.29, 1.82) is 0 Å². The molecule has 1 saturated heterocycles. The maximum Gasteiger partial charge on any atom is 0.336 e. The summed E-state index contributed by atoms with van der Waals surface area (Å²) >= 11 is 0. The number of hydrogen-bond donors (Lipinski definition) is 2. The van der Waals surface area contributed by atoms with Crippen molar-refractivity contribution in [2.45, 2.75) is 39.5 Å². The molecule has 9 heteroatoms. The second kappa shape index (κ2) is 9.25. The van der Waals surface area contributed by atoms with Crippen LogP contribution in [0.15, 0.2) is 18.5 Å². The van der Waals surface area contributed by atoms with E-state index in [1.54, 1.807) is 10.7 Å². The van der Waals surface area contributed by atoms with Crippen LogP contribution in [0.5, 0.6) is 6.01 Å². The monoisotopic (exact) mass is 410 g/mol. The average Bonchev–Trinajstić information content (AvgIpc) is 3.15. The highest BCUT2D eigenvalue weighted by Crippen LogP contribution is 2.21. The van der Waals surface area contributed by atoms with Gasteiger partial charge in [-0.15, -0.1) is 5.10 Å². The van der Waals surface area contributed by atoms with Crippen LogP contribution in [0, 0.1) is 6.92 Å². The molecule has 0 aliphatic carbocycles. The first-order valence-corrected chi connectivity index (χ1v) is 10.7. The van der Waals surface area contributed by atoms with E-state index in [4.69, 9.17) is 15.5 Å². The number of aryl methyl sites for hydroxylation is 1. The third-order valence-corrected chi connectivity index (χ3v) is 5.33. The molecule has 1 aliphatic heterocycles. The molecule has 4 rings (SSSR count). The Bertz CT molecular complexity index is 996. The molecule has 4 heterocycles. The number of nitrogens with one attached hydrogen (secondary N) is 1. The number of piperazine rings is 1. The van der Waals surface area contributed by atoms with Gasteiger partial charge in [0.25, 0.3) is 0 Å². The van der Waals surface area contributed by atoms with Crippen LogP contribution in [0.3, 0.4) is 0 Å². The number of nitrogens with zero attached hydrogens (tertiary/aromatic N) is 6. The van der Waals surface area contributed by atoms with Crippen LogP contribution in [-0.4, -0.2) is 57.4 Å². The molecule has 0 aromatic carbocycles. The third kappa shape index (κ3) is 4.46. The molecule has 3 aromatic heterocycles. The zero-order valence-corrected chi connectivity index (χ0v) is 17.8. The molecule has 0 unspecified atom stereocenters. The zero-order chi connectivity index (χ0) is 20.9. The zero-order valence-electron chi connectivity index (χ0n) is 17.8. The van der Waals surface area contributed by atoms with Crippen molar-refractivity contribution in [3.05, 3.63) is 35.3 Å². The molecule has 0 saturated carbocycles. The number of pyridine rings is 1. The first-order chi connectivity index (χ1) is 14.7. The first kappa shape index (κ1) is 20.3. The number of aromatic nitrogens is 5. The van der Waals surface area contributed by atoms with E-state index in [0.717, 1.165) is 62.5 Å². The molecule has 0 bridgehead atoms. The van der Waals surface area contributed by atoms with E-state index >= 15 is 0 Å². The Hall–Kier alpha value is -2.94. The van der Waals surface area contributed by atoms with Crippen LogP contribution in [-0.2, 0) is 6.42 Å². The highest BCUT2D eigenvalue weighted by atomic mass is 16.5. The van der Waals surface area contributed by atoms with Gasteiger partial charge in [-0.1, -0.05) is 25.8 Å². The van der Waals surface area contributed by atoms with E-state index < -0.39 is 0 Å². The molecule has 3 aromatic rings. The minimum absolute atomic E-state index is 0.290. The fraction of sp³-hybridized carbons (Fsp3) is 0.524. The molecule has 1 aliphatic rings. The lowest BCUT2D eigenvalue weighted by Crippen LogP contribution is -2.44. The van der Waals surface area contributed by atoms with E-state index in [1.807, 2.05) is 6.20 Å². The van der Waals surface area contributed by atoms with Crippen molar-refractivity contribution >= 4 is 17.3 Å². The van der Waals surface area contributed by atoms with Gasteiger partial charge < -0.3 is 20.7 Å². The molecule has 0 spiro atoms. The molecule has 0 radical (unpaired) electrons. The number of anilines is 2. The lowest BCUT2D eigenvalue weighted by Gasteiger charge is -2.29. The van der Waals surface area contributed by atoms with Crippen molar-refractivity contribution in [2.24, 2.45) is 0 Å². The van der Waals surface area contributed by atoms with Crippen molar-refractivity contribution in [3.8, 4) is 6.01 Å². The maximum absolute atomic E-state index is 6.08. The van der Waals surface area contributed by atoms with E-state index in [-0.39, 0.29) is 0 Å². The topological polar surface area (TPSA) is 106 Å². The summed E-state index contributed by atoms with van der Waals surface area (Å²) in [6.07, 6.45) is 7.61. The Balaban J connectivity index is 1.53. The lowest BCUT2D eigenvalue weighted by atomic mass is 10.1. The summed E-state index contributed by atoms with van der Waals surface area (Å²) in [5.74, 6) is 1.39. The van der Waals surface area contributed by atoms with Crippen LogP contribution < -0.4 is 20.7 Å². The second-order valence-electron chi connectivity index (χ2n) is 7.72. The number of imidazole rings is 1. The fourth-order valence-corrected chi connectivity index (χ4v) is 3.76. The standard InChI is InChI=1S/C21H30N8O/c1-3-4-5-10-30-21-26-18(22)20-25-14-17(29(20)27-21)12-16-11-15(2)19(24-13-16)28-8-6-23-7-9-28/h11,13-14,23H,3-10,12H2,1-2H3,(H2,22,26,27). The predicted molar refractivity (Wildman–Crippen MR) is 117 cm³/mol. The van der Waals surface area contributed by atoms with Gasteiger partial charge in [0.05, 0.1) is 18.5 Å². The summed E-state index contributed by atoms with van der Waals surface area (Å²) in [6.45, 7) is 8.81. The minimum Gasteiger partial charge on any atom is -0.462 e. The molecule has 1 fully saturated rings. The normalized spacial score (nSPS) is 14.4. The smallest absolute Gasteiger partial charge is 0.336 e. The van der Waals surface area contributed by atoms with Crippen molar-refractivity contribution in [2.75, 3.05) is 43.4 Å². The van der Waals surface area contributed by atoms with Crippen molar-refractivity contribution in [1.82, 2.24) is 29.9 Å². The average molecular weight is 411 g/mol. The Morgan fingerprint density at radius 1 is 1.17 bits per heavy atom. The number of unbranched alkanes of at least 4 members (excludes halogenated alkanes) is 2. The van der Waals surface area contributed by atoms with Gasteiger partial charge in [-0.3, -0.25) is 0 Å². The Kier molecular flexibility index (Phi) is 6.27. The molecule has 160 valence electrons. The van der Waals surface area contributed by atoms with Gasteiger partial charge >= 0.3 is 6.01 Å². The van der Waals surface area contributed by atoms with Crippen molar-refractivity contribution in [3.63, 3.8) is 0 Å².